The molecule has 0 spiro atoms. The van der Waals surface area contributed by atoms with Crippen LogP contribution in [0.15, 0.2) is 12.4 Å². The van der Waals surface area contributed by atoms with Crippen molar-refractivity contribution >= 4 is 22.7 Å². The van der Waals surface area contributed by atoms with Crippen molar-refractivity contribution in [2.45, 2.75) is 20.3 Å². The molecule has 0 amide bonds. The van der Waals surface area contributed by atoms with Crippen molar-refractivity contribution in [2.75, 3.05) is 18.5 Å². The van der Waals surface area contributed by atoms with Crippen LogP contribution in [-0.4, -0.2) is 39.4 Å². The zero-order chi connectivity index (χ0) is 14.9. The largest absolute Gasteiger partial charge is 0.478 e. The molecule has 0 fully saturated rings. The number of anilines is 1. The topological polar surface area (TPSA) is 71.2 Å². The predicted octanol–water partition coefficient (Wildman–Crippen LogP) is 2.15. The number of carbonyl (C=O) groups is 1. The van der Waals surface area contributed by atoms with Gasteiger partial charge < -0.3 is 10.0 Å². The van der Waals surface area contributed by atoms with E-state index >= 15 is 0 Å². The van der Waals surface area contributed by atoms with Gasteiger partial charge >= 0.3 is 5.97 Å². The molecule has 2 aromatic rings. The Morgan fingerprint density at radius 1 is 1.50 bits per heavy atom. The van der Waals surface area contributed by atoms with E-state index in [1.54, 1.807) is 17.9 Å². The maximum Gasteiger partial charge on any atom is 0.339 e. The molecule has 1 N–H and O–H groups in total. The summed E-state index contributed by atoms with van der Waals surface area (Å²) in [4.78, 5) is 17.6. The zero-order valence-electron chi connectivity index (χ0n) is 12.3. The Kier molecular flexibility index (Phi) is 3.92. The Morgan fingerprint density at radius 3 is 2.80 bits per heavy atom. The van der Waals surface area contributed by atoms with Gasteiger partial charge in [-0.25, -0.2) is 9.78 Å². The fourth-order valence-corrected chi connectivity index (χ4v) is 2.34. The number of hydrogen-bond donors (Lipinski definition) is 1. The Bertz CT molecular complexity index is 635. The SMILES string of the molecule is CCC(C)CN(C)c1c(C(=O)O)cnc2c1cnn2C. The molecular formula is C14H20N4O2. The lowest BCUT2D eigenvalue weighted by Gasteiger charge is -2.24. The average molecular weight is 276 g/mol. The minimum atomic E-state index is -0.964. The van der Waals surface area contributed by atoms with Gasteiger partial charge in [0.15, 0.2) is 5.65 Å². The average Bonchev–Trinajstić information content (AvgIpc) is 2.79. The number of rotatable bonds is 5. The van der Waals surface area contributed by atoms with Crippen molar-refractivity contribution in [2.24, 2.45) is 13.0 Å². The number of carboxylic acid groups (broad SMARTS) is 1. The fraction of sp³-hybridized carbons (Fsp3) is 0.500. The molecule has 1 atom stereocenters. The summed E-state index contributed by atoms with van der Waals surface area (Å²) in [5.74, 6) is -0.476. The quantitative estimate of drug-likeness (QED) is 0.906. The van der Waals surface area contributed by atoms with Crippen LogP contribution in [0.4, 0.5) is 5.69 Å². The van der Waals surface area contributed by atoms with Crippen LogP contribution in [0.5, 0.6) is 0 Å². The molecule has 0 bridgehead atoms. The summed E-state index contributed by atoms with van der Waals surface area (Å²) < 4.78 is 1.65. The summed E-state index contributed by atoms with van der Waals surface area (Å²) in [7, 11) is 3.72. The highest BCUT2D eigenvalue weighted by Crippen LogP contribution is 2.29. The minimum absolute atomic E-state index is 0.219. The number of aromatic carboxylic acids is 1. The van der Waals surface area contributed by atoms with Gasteiger partial charge in [0.2, 0.25) is 0 Å². The van der Waals surface area contributed by atoms with Crippen LogP contribution in [0.1, 0.15) is 30.6 Å². The van der Waals surface area contributed by atoms with Crippen LogP contribution < -0.4 is 4.90 Å². The van der Waals surface area contributed by atoms with Crippen molar-refractivity contribution in [3.05, 3.63) is 18.0 Å². The van der Waals surface area contributed by atoms with Crippen LogP contribution >= 0.6 is 0 Å². The van der Waals surface area contributed by atoms with Crippen LogP contribution in [0.25, 0.3) is 11.0 Å². The molecule has 0 aromatic carbocycles. The normalized spacial score (nSPS) is 12.6. The van der Waals surface area contributed by atoms with Gasteiger partial charge in [0, 0.05) is 26.8 Å². The summed E-state index contributed by atoms with van der Waals surface area (Å²) in [5, 5.41) is 14.3. The standard InChI is InChI=1S/C14H20N4O2/c1-5-9(2)8-17(3)12-10-7-16-18(4)13(10)15-6-11(12)14(19)20/h6-7,9H,5,8H2,1-4H3,(H,19,20). The van der Waals surface area contributed by atoms with E-state index in [2.05, 4.69) is 23.9 Å². The first-order valence-corrected chi connectivity index (χ1v) is 6.70. The number of fused-ring (bicyclic) bond motifs is 1. The van der Waals surface area contributed by atoms with Gasteiger partial charge in [0.05, 0.1) is 17.3 Å². The van der Waals surface area contributed by atoms with Gasteiger partial charge in [-0.1, -0.05) is 20.3 Å². The lowest BCUT2D eigenvalue weighted by molar-refractivity contribution is 0.0697. The molecular weight excluding hydrogens is 256 g/mol. The molecule has 20 heavy (non-hydrogen) atoms. The van der Waals surface area contributed by atoms with Gasteiger partial charge in [-0.15, -0.1) is 0 Å². The second-order valence-electron chi connectivity index (χ2n) is 5.23. The number of nitrogens with zero attached hydrogens (tertiary/aromatic N) is 4. The van der Waals surface area contributed by atoms with Gasteiger partial charge in [0.25, 0.3) is 0 Å². The third-order valence-corrected chi connectivity index (χ3v) is 3.63. The molecule has 0 saturated carbocycles. The third kappa shape index (κ3) is 2.45. The molecule has 0 aliphatic heterocycles. The van der Waals surface area contributed by atoms with Crippen molar-refractivity contribution in [1.29, 1.82) is 0 Å². The van der Waals surface area contributed by atoms with Crippen molar-refractivity contribution in [3.63, 3.8) is 0 Å². The summed E-state index contributed by atoms with van der Waals surface area (Å²) in [5.41, 5.74) is 1.60. The first-order valence-electron chi connectivity index (χ1n) is 6.70. The summed E-state index contributed by atoms with van der Waals surface area (Å²) in [6.07, 6.45) is 4.14. The monoisotopic (exact) mass is 276 g/mol. The first-order chi connectivity index (χ1) is 9.45. The van der Waals surface area contributed by atoms with E-state index in [0.29, 0.717) is 17.3 Å². The van der Waals surface area contributed by atoms with Gasteiger partial charge in [-0.2, -0.15) is 5.10 Å². The minimum Gasteiger partial charge on any atom is -0.478 e. The Labute approximate surface area is 118 Å². The number of hydrogen-bond acceptors (Lipinski definition) is 4. The fourth-order valence-electron chi connectivity index (χ4n) is 2.34. The number of aromatic nitrogens is 3. The molecule has 2 heterocycles. The van der Waals surface area contributed by atoms with E-state index in [1.807, 2.05) is 11.9 Å². The van der Waals surface area contributed by atoms with Crippen LogP contribution in [0, 0.1) is 5.92 Å². The number of carboxylic acids is 1. The Morgan fingerprint density at radius 2 is 2.20 bits per heavy atom. The molecule has 0 aliphatic rings. The lowest BCUT2D eigenvalue weighted by Crippen LogP contribution is -2.25. The molecule has 0 radical (unpaired) electrons. The summed E-state index contributed by atoms with van der Waals surface area (Å²) >= 11 is 0. The molecule has 1 unspecified atom stereocenters. The van der Waals surface area contributed by atoms with Crippen LogP contribution in [0.2, 0.25) is 0 Å². The zero-order valence-corrected chi connectivity index (χ0v) is 12.3. The number of pyridine rings is 1. The summed E-state index contributed by atoms with van der Waals surface area (Å²) in [6.45, 7) is 5.08. The molecule has 2 rings (SSSR count). The first kappa shape index (κ1) is 14.3. The van der Waals surface area contributed by atoms with Crippen molar-refractivity contribution in [3.8, 4) is 0 Å². The lowest BCUT2D eigenvalue weighted by atomic mass is 10.1. The number of aryl methyl sites for hydroxylation is 1. The summed E-state index contributed by atoms with van der Waals surface area (Å²) in [6, 6.07) is 0. The second-order valence-corrected chi connectivity index (χ2v) is 5.23. The van der Waals surface area contributed by atoms with E-state index < -0.39 is 5.97 Å². The molecule has 2 aromatic heterocycles. The van der Waals surface area contributed by atoms with E-state index in [0.717, 1.165) is 18.4 Å². The maximum atomic E-state index is 11.4. The Balaban J connectivity index is 2.57. The van der Waals surface area contributed by atoms with E-state index in [4.69, 9.17) is 0 Å². The third-order valence-electron chi connectivity index (χ3n) is 3.63. The molecule has 108 valence electrons. The predicted molar refractivity (Wildman–Crippen MR) is 78.2 cm³/mol. The van der Waals surface area contributed by atoms with E-state index in [-0.39, 0.29) is 5.56 Å². The highest BCUT2D eigenvalue weighted by molar-refractivity contribution is 6.03. The van der Waals surface area contributed by atoms with Crippen molar-refractivity contribution < 1.29 is 9.90 Å². The molecule has 6 nitrogen and oxygen atoms in total. The van der Waals surface area contributed by atoms with Crippen LogP contribution in [0.3, 0.4) is 0 Å². The molecule has 0 saturated heterocycles. The maximum absolute atomic E-state index is 11.4. The second kappa shape index (κ2) is 5.48. The molecule has 6 heteroatoms. The molecule has 0 aliphatic carbocycles. The smallest absolute Gasteiger partial charge is 0.339 e. The highest BCUT2D eigenvalue weighted by atomic mass is 16.4. The van der Waals surface area contributed by atoms with Gasteiger partial charge in [0.1, 0.15) is 5.56 Å². The van der Waals surface area contributed by atoms with Gasteiger partial charge in [-0.3, -0.25) is 4.68 Å². The van der Waals surface area contributed by atoms with Gasteiger partial charge in [-0.05, 0) is 5.92 Å². The Hall–Kier alpha value is -2.11. The van der Waals surface area contributed by atoms with E-state index in [1.165, 1.54) is 6.20 Å². The van der Waals surface area contributed by atoms with Crippen molar-refractivity contribution in [1.82, 2.24) is 14.8 Å². The highest BCUT2D eigenvalue weighted by Gasteiger charge is 2.20. The van der Waals surface area contributed by atoms with Crippen LogP contribution in [-0.2, 0) is 7.05 Å². The van der Waals surface area contributed by atoms with E-state index in [9.17, 15) is 9.90 Å².